The van der Waals surface area contributed by atoms with Crippen molar-refractivity contribution in [1.29, 1.82) is 0 Å². The van der Waals surface area contributed by atoms with E-state index in [4.69, 9.17) is 0 Å². The monoisotopic (exact) mass is 259 g/mol. The van der Waals surface area contributed by atoms with Gasteiger partial charge in [0.2, 0.25) is 0 Å². The summed E-state index contributed by atoms with van der Waals surface area (Å²) in [6.07, 6.45) is 2.56. The highest BCUT2D eigenvalue weighted by molar-refractivity contribution is 6.42. The zero-order valence-corrected chi connectivity index (χ0v) is 10.5. The molecule has 0 atom stereocenters. The molecule has 0 bridgehead atoms. The molecule has 0 fully saturated rings. The molecule has 1 heterocycles. The lowest BCUT2D eigenvalue weighted by Gasteiger charge is -2.10. The molecule has 2 rings (SSSR count). The van der Waals surface area contributed by atoms with E-state index in [0.717, 1.165) is 11.1 Å². The predicted octanol–water partition coefficient (Wildman–Crippen LogP) is 0.604. The maximum atomic E-state index is 11.7. The minimum absolute atomic E-state index is 0.615. The van der Waals surface area contributed by atoms with E-state index in [1.165, 1.54) is 17.3 Å². The number of nitrogens with one attached hydrogen (secondary N) is 2. The molecule has 98 valence electrons. The zero-order valence-electron chi connectivity index (χ0n) is 10.5. The van der Waals surface area contributed by atoms with Crippen molar-refractivity contribution in [2.24, 2.45) is 0 Å². The van der Waals surface area contributed by atoms with Crippen LogP contribution in [-0.4, -0.2) is 26.7 Å². The van der Waals surface area contributed by atoms with Crippen molar-refractivity contribution in [3.63, 3.8) is 0 Å². The lowest BCUT2D eigenvalue weighted by Crippen LogP contribution is -2.33. The van der Waals surface area contributed by atoms with Crippen LogP contribution in [0.3, 0.4) is 0 Å². The van der Waals surface area contributed by atoms with Crippen LogP contribution >= 0.6 is 0 Å². The van der Waals surface area contributed by atoms with Crippen LogP contribution in [0.2, 0.25) is 0 Å². The average Bonchev–Trinajstić information content (AvgIpc) is 2.87. The Morgan fingerprint density at radius 2 is 1.79 bits per heavy atom. The summed E-state index contributed by atoms with van der Waals surface area (Å²) in [5.41, 5.74) is 4.89. The summed E-state index contributed by atoms with van der Waals surface area (Å²) < 4.78 is 1.20. The van der Waals surface area contributed by atoms with Crippen LogP contribution in [0.5, 0.6) is 0 Å². The summed E-state index contributed by atoms with van der Waals surface area (Å²) in [5.74, 6) is -1.54. The van der Waals surface area contributed by atoms with E-state index in [0.29, 0.717) is 5.69 Å². The second kappa shape index (κ2) is 5.30. The van der Waals surface area contributed by atoms with E-state index in [9.17, 15) is 9.59 Å². The minimum atomic E-state index is -0.791. The Labute approximate surface area is 109 Å². The van der Waals surface area contributed by atoms with E-state index >= 15 is 0 Å². The van der Waals surface area contributed by atoms with Crippen molar-refractivity contribution in [3.05, 3.63) is 42.0 Å². The summed E-state index contributed by atoms with van der Waals surface area (Å²) in [4.78, 5) is 23.3. The molecule has 0 aliphatic carbocycles. The van der Waals surface area contributed by atoms with E-state index in [1.807, 2.05) is 26.0 Å². The summed E-state index contributed by atoms with van der Waals surface area (Å²) >= 11 is 0. The first-order valence-electron chi connectivity index (χ1n) is 5.61. The van der Waals surface area contributed by atoms with Gasteiger partial charge in [0.05, 0.1) is 0 Å². The van der Waals surface area contributed by atoms with Gasteiger partial charge in [0.1, 0.15) is 12.7 Å². The molecule has 0 radical (unpaired) electrons. The average molecular weight is 259 g/mol. The van der Waals surface area contributed by atoms with Crippen molar-refractivity contribution >= 4 is 17.5 Å². The number of hydrogen-bond acceptors (Lipinski definition) is 4. The second-order valence-electron chi connectivity index (χ2n) is 4.01. The lowest BCUT2D eigenvalue weighted by molar-refractivity contribution is -0.133. The fourth-order valence-electron chi connectivity index (χ4n) is 1.49. The summed E-state index contributed by atoms with van der Waals surface area (Å²) in [7, 11) is 0. The summed E-state index contributed by atoms with van der Waals surface area (Å²) in [5, 5.41) is 9.58. The maximum absolute atomic E-state index is 11.7. The Kier molecular flexibility index (Phi) is 3.56. The molecular weight excluding hydrogens is 246 g/mol. The molecule has 1 aromatic carbocycles. The number of rotatable bonds is 2. The van der Waals surface area contributed by atoms with Gasteiger partial charge in [-0.3, -0.25) is 15.0 Å². The van der Waals surface area contributed by atoms with Gasteiger partial charge in [-0.05, 0) is 31.0 Å². The molecule has 0 unspecified atom stereocenters. The highest BCUT2D eigenvalue weighted by atomic mass is 16.2. The van der Waals surface area contributed by atoms with Crippen molar-refractivity contribution in [2.75, 3.05) is 10.7 Å². The smallest absolute Gasteiger partial charge is 0.317 e. The fraction of sp³-hybridized carbons (Fsp3) is 0.167. The Hall–Kier alpha value is -2.70. The molecule has 0 spiro atoms. The van der Waals surface area contributed by atoms with Gasteiger partial charge in [0.15, 0.2) is 0 Å². The summed E-state index contributed by atoms with van der Waals surface area (Å²) in [6.45, 7) is 3.81. The quantitative estimate of drug-likeness (QED) is 0.773. The SMILES string of the molecule is Cc1cccc(NC(=O)C(=O)Nn2cnnc2)c1C. The molecule has 1 aromatic heterocycles. The Balaban J connectivity index is 2.04. The van der Waals surface area contributed by atoms with E-state index in [2.05, 4.69) is 20.9 Å². The van der Waals surface area contributed by atoms with Crippen LogP contribution < -0.4 is 10.7 Å². The third-order valence-corrected chi connectivity index (χ3v) is 2.71. The van der Waals surface area contributed by atoms with Gasteiger partial charge < -0.3 is 5.32 Å². The number of aromatic nitrogens is 3. The van der Waals surface area contributed by atoms with Crippen LogP contribution in [0, 0.1) is 13.8 Å². The molecule has 0 aliphatic rings. The van der Waals surface area contributed by atoms with Gasteiger partial charge in [-0.1, -0.05) is 12.1 Å². The molecular formula is C12H13N5O2. The third kappa shape index (κ3) is 2.95. The van der Waals surface area contributed by atoms with Crippen molar-refractivity contribution in [3.8, 4) is 0 Å². The number of amides is 2. The van der Waals surface area contributed by atoms with Crippen LogP contribution in [0.15, 0.2) is 30.9 Å². The first kappa shape index (κ1) is 12.7. The number of hydrogen-bond donors (Lipinski definition) is 2. The van der Waals surface area contributed by atoms with Crippen LogP contribution in [0.4, 0.5) is 5.69 Å². The standard InChI is InChI=1S/C12H13N5O2/c1-8-4-3-5-10(9(8)2)15-11(18)12(19)16-17-6-13-14-7-17/h3-7H,1-2H3,(H,15,18)(H,16,19). The normalized spacial score (nSPS) is 10.0. The number of nitrogens with zero attached hydrogens (tertiary/aromatic N) is 3. The van der Waals surface area contributed by atoms with E-state index in [-0.39, 0.29) is 0 Å². The van der Waals surface area contributed by atoms with Gasteiger partial charge in [-0.25, -0.2) is 4.68 Å². The van der Waals surface area contributed by atoms with Crippen molar-refractivity contribution < 1.29 is 9.59 Å². The van der Waals surface area contributed by atoms with E-state index in [1.54, 1.807) is 6.07 Å². The first-order chi connectivity index (χ1) is 9.08. The zero-order chi connectivity index (χ0) is 13.8. The van der Waals surface area contributed by atoms with Gasteiger partial charge in [-0.15, -0.1) is 10.2 Å². The minimum Gasteiger partial charge on any atom is -0.317 e. The molecule has 7 nitrogen and oxygen atoms in total. The van der Waals surface area contributed by atoms with E-state index < -0.39 is 11.8 Å². The molecule has 0 saturated heterocycles. The van der Waals surface area contributed by atoms with Gasteiger partial charge in [0.25, 0.3) is 0 Å². The largest absolute Gasteiger partial charge is 0.328 e. The highest BCUT2D eigenvalue weighted by Crippen LogP contribution is 2.17. The van der Waals surface area contributed by atoms with Crippen LogP contribution in [0.25, 0.3) is 0 Å². The maximum Gasteiger partial charge on any atom is 0.328 e. The number of aryl methyl sites for hydroxylation is 1. The van der Waals surface area contributed by atoms with Gasteiger partial charge in [0, 0.05) is 5.69 Å². The van der Waals surface area contributed by atoms with Crippen LogP contribution in [0.1, 0.15) is 11.1 Å². The van der Waals surface area contributed by atoms with Crippen LogP contribution in [-0.2, 0) is 9.59 Å². The molecule has 19 heavy (non-hydrogen) atoms. The topological polar surface area (TPSA) is 88.9 Å². The third-order valence-electron chi connectivity index (χ3n) is 2.71. The number of carbonyl (C=O) groups excluding carboxylic acids is 2. The number of anilines is 1. The molecule has 2 aromatic rings. The Morgan fingerprint density at radius 3 is 2.47 bits per heavy atom. The molecule has 0 saturated carbocycles. The molecule has 2 N–H and O–H groups in total. The summed E-state index contributed by atoms with van der Waals surface area (Å²) in [6, 6.07) is 5.49. The van der Waals surface area contributed by atoms with Gasteiger partial charge >= 0.3 is 11.8 Å². The Bertz CT molecular complexity index is 607. The van der Waals surface area contributed by atoms with Crippen molar-refractivity contribution in [2.45, 2.75) is 13.8 Å². The molecule has 0 aliphatic heterocycles. The fourth-order valence-corrected chi connectivity index (χ4v) is 1.49. The molecule has 7 heteroatoms. The predicted molar refractivity (Wildman–Crippen MR) is 68.9 cm³/mol. The van der Waals surface area contributed by atoms with Gasteiger partial charge in [-0.2, -0.15) is 0 Å². The first-order valence-corrected chi connectivity index (χ1v) is 5.61. The number of benzene rings is 1. The number of carbonyl (C=O) groups is 2. The second-order valence-corrected chi connectivity index (χ2v) is 4.01. The highest BCUT2D eigenvalue weighted by Gasteiger charge is 2.15. The Morgan fingerprint density at radius 1 is 1.11 bits per heavy atom. The lowest BCUT2D eigenvalue weighted by atomic mass is 10.1. The molecule has 2 amide bonds. The van der Waals surface area contributed by atoms with Crippen molar-refractivity contribution in [1.82, 2.24) is 14.9 Å².